The first-order valence-corrected chi connectivity index (χ1v) is 11.1. The minimum Gasteiger partial charge on any atom is -0.481 e. The molecule has 4 unspecified atom stereocenters. The highest BCUT2D eigenvalue weighted by atomic mass is 16.4. The Bertz CT molecular complexity index is 704. The number of nitrogens with zero attached hydrogens (tertiary/aromatic N) is 1. The Labute approximate surface area is 192 Å². The number of nitrogens with two attached hydrogens (primary N) is 2. The van der Waals surface area contributed by atoms with E-state index in [-0.39, 0.29) is 19.0 Å². The molecule has 4 atom stereocenters. The maximum Gasteiger partial charge on any atom is 0.326 e. The van der Waals surface area contributed by atoms with Gasteiger partial charge in [-0.25, -0.2) is 4.79 Å². The Morgan fingerprint density at radius 2 is 1.76 bits per heavy atom. The van der Waals surface area contributed by atoms with Gasteiger partial charge in [0, 0.05) is 26.6 Å². The van der Waals surface area contributed by atoms with Crippen molar-refractivity contribution < 1.29 is 34.2 Å². The van der Waals surface area contributed by atoms with Crippen molar-refractivity contribution in [1.82, 2.24) is 20.9 Å². The fourth-order valence-electron chi connectivity index (χ4n) is 3.74. The summed E-state index contributed by atoms with van der Waals surface area (Å²) in [7, 11) is 0. The first-order chi connectivity index (χ1) is 15.6. The molecule has 1 aliphatic rings. The van der Waals surface area contributed by atoms with E-state index in [0.29, 0.717) is 45.2 Å². The topological polar surface area (TPSA) is 217 Å². The average Bonchev–Trinajstić information content (AvgIpc) is 3.23. The van der Waals surface area contributed by atoms with E-state index >= 15 is 0 Å². The molecule has 1 rings (SSSR count). The zero-order valence-corrected chi connectivity index (χ0v) is 18.9. The van der Waals surface area contributed by atoms with Gasteiger partial charge in [0.25, 0.3) is 0 Å². The molecule has 1 fully saturated rings. The zero-order chi connectivity index (χ0) is 25.0. The summed E-state index contributed by atoms with van der Waals surface area (Å²) < 4.78 is 0. The van der Waals surface area contributed by atoms with Crippen LogP contribution in [0.1, 0.15) is 45.4 Å². The summed E-state index contributed by atoms with van der Waals surface area (Å²) in [6.07, 6.45) is 2.18. The van der Waals surface area contributed by atoms with Crippen molar-refractivity contribution in [1.29, 1.82) is 0 Å². The van der Waals surface area contributed by atoms with Crippen LogP contribution in [-0.4, -0.2) is 95.1 Å². The van der Waals surface area contributed by atoms with Crippen molar-refractivity contribution in [3.8, 4) is 0 Å². The van der Waals surface area contributed by atoms with Crippen LogP contribution in [0.3, 0.4) is 0 Å². The first kappa shape index (κ1) is 28.3. The minimum atomic E-state index is -1.16. The summed E-state index contributed by atoms with van der Waals surface area (Å²) in [5.41, 5.74) is 11.1. The van der Waals surface area contributed by atoms with Crippen LogP contribution in [0.25, 0.3) is 0 Å². The Balaban J connectivity index is 2.90. The number of likely N-dealkylation sites (tertiary alicyclic amines) is 1. The van der Waals surface area contributed by atoms with Gasteiger partial charge in [-0.2, -0.15) is 0 Å². The number of aliphatic carboxylic acids is 2. The van der Waals surface area contributed by atoms with Gasteiger partial charge in [-0.3, -0.25) is 19.2 Å². The highest BCUT2D eigenvalue weighted by Crippen LogP contribution is 2.20. The molecule has 13 heteroatoms. The van der Waals surface area contributed by atoms with Gasteiger partial charge >= 0.3 is 11.9 Å². The van der Waals surface area contributed by atoms with Gasteiger partial charge in [-0.15, -0.1) is 0 Å². The molecule has 0 radical (unpaired) electrons. The number of unbranched alkanes of at least 4 members (excludes halogenated alkanes) is 1. The number of carboxylic acids is 2. The van der Waals surface area contributed by atoms with E-state index in [1.165, 1.54) is 11.8 Å². The smallest absolute Gasteiger partial charge is 0.326 e. The van der Waals surface area contributed by atoms with Gasteiger partial charge in [0.05, 0.1) is 18.5 Å². The summed E-state index contributed by atoms with van der Waals surface area (Å²) in [6, 6.07) is -3.57. The molecule has 0 aliphatic carbocycles. The molecule has 9 N–H and O–H groups in total. The normalized spacial score (nSPS) is 18.3. The van der Waals surface area contributed by atoms with Gasteiger partial charge in [0.15, 0.2) is 0 Å². The lowest BCUT2D eigenvalue weighted by atomic mass is 10.1. The molecule has 3 amide bonds. The molecule has 0 aromatic carbocycles. The van der Waals surface area contributed by atoms with Gasteiger partial charge in [-0.05, 0) is 32.2 Å². The van der Waals surface area contributed by atoms with Crippen molar-refractivity contribution >= 4 is 29.7 Å². The lowest BCUT2D eigenvalue weighted by Crippen LogP contribution is -2.56. The fourth-order valence-corrected chi connectivity index (χ4v) is 3.74. The molecule has 1 aliphatic heterocycles. The maximum atomic E-state index is 13.1. The molecule has 0 bridgehead atoms. The van der Waals surface area contributed by atoms with E-state index in [2.05, 4.69) is 16.0 Å². The number of nitrogens with one attached hydrogen (secondary N) is 3. The predicted octanol–water partition coefficient (Wildman–Crippen LogP) is -2.43. The molecular weight excluding hydrogens is 436 g/mol. The monoisotopic (exact) mass is 472 g/mol. The maximum absolute atomic E-state index is 13.1. The second-order valence-electron chi connectivity index (χ2n) is 8.07. The van der Waals surface area contributed by atoms with E-state index < -0.39 is 54.3 Å². The van der Waals surface area contributed by atoms with Crippen LogP contribution in [0.2, 0.25) is 0 Å². The van der Waals surface area contributed by atoms with E-state index in [0.717, 1.165) is 0 Å². The third-order valence-corrected chi connectivity index (χ3v) is 5.37. The number of carboxylic acid groups (broad SMARTS) is 2. The number of hydrogen-bond acceptors (Lipinski definition) is 8. The van der Waals surface area contributed by atoms with Crippen LogP contribution in [0.15, 0.2) is 0 Å². The Morgan fingerprint density at radius 3 is 2.30 bits per heavy atom. The van der Waals surface area contributed by atoms with Crippen molar-refractivity contribution in [3.05, 3.63) is 0 Å². The third kappa shape index (κ3) is 9.72. The summed E-state index contributed by atoms with van der Waals surface area (Å²) in [5, 5.41) is 26.6. The SMILES string of the molecule is CC(=O)NC(CN)C(=O)NC(CNC(CCCCN)C(=O)N1CCCC1C(=O)O)CC(=O)O. The van der Waals surface area contributed by atoms with Gasteiger partial charge in [0.2, 0.25) is 17.7 Å². The number of carbonyl (C=O) groups is 5. The highest BCUT2D eigenvalue weighted by Gasteiger charge is 2.37. The standard InChI is InChI=1S/C20H36N6O7/c1-12(27)24-15(10-22)18(30)25-13(9-17(28)29)11-23-14(5-2-3-7-21)19(31)26-8-4-6-16(26)20(32)33/h13-16,23H,2-11,21-22H2,1H3,(H,24,27)(H,25,30)(H,28,29)(H,32,33). The highest BCUT2D eigenvalue weighted by molar-refractivity contribution is 5.88. The number of rotatable bonds is 15. The van der Waals surface area contributed by atoms with E-state index in [1.807, 2.05) is 0 Å². The lowest BCUT2D eigenvalue weighted by Gasteiger charge is -2.29. The van der Waals surface area contributed by atoms with Crippen LogP contribution >= 0.6 is 0 Å². The number of carbonyl (C=O) groups excluding carboxylic acids is 3. The summed E-state index contributed by atoms with van der Waals surface area (Å²) in [5.74, 6) is -3.71. The number of amides is 3. The average molecular weight is 473 g/mol. The molecule has 0 aromatic heterocycles. The quantitative estimate of drug-likeness (QED) is 0.125. The molecular formula is C20H36N6O7. The molecule has 0 saturated carbocycles. The molecule has 188 valence electrons. The summed E-state index contributed by atoms with van der Waals surface area (Å²) in [6.45, 7) is 1.76. The van der Waals surface area contributed by atoms with E-state index in [1.54, 1.807) is 0 Å². The van der Waals surface area contributed by atoms with Gasteiger partial charge in [-0.1, -0.05) is 6.42 Å². The lowest BCUT2D eigenvalue weighted by molar-refractivity contribution is -0.149. The summed E-state index contributed by atoms with van der Waals surface area (Å²) >= 11 is 0. The van der Waals surface area contributed by atoms with Crippen molar-refractivity contribution in [2.75, 3.05) is 26.2 Å². The third-order valence-electron chi connectivity index (χ3n) is 5.37. The fraction of sp³-hybridized carbons (Fsp3) is 0.750. The molecule has 1 saturated heterocycles. The van der Waals surface area contributed by atoms with Crippen molar-refractivity contribution in [2.24, 2.45) is 11.5 Å². The molecule has 1 heterocycles. The Hall–Kier alpha value is -2.77. The van der Waals surface area contributed by atoms with Crippen LogP contribution < -0.4 is 27.4 Å². The van der Waals surface area contributed by atoms with Crippen molar-refractivity contribution in [3.63, 3.8) is 0 Å². The van der Waals surface area contributed by atoms with E-state index in [9.17, 15) is 34.2 Å². The summed E-state index contributed by atoms with van der Waals surface area (Å²) in [4.78, 5) is 60.9. The van der Waals surface area contributed by atoms with Gasteiger partial charge < -0.3 is 42.5 Å². The Kier molecular flexibility index (Phi) is 12.3. The second-order valence-corrected chi connectivity index (χ2v) is 8.07. The minimum absolute atomic E-state index is 0.0555. The van der Waals surface area contributed by atoms with Crippen LogP contribution in [0.5, 0.6) is 0 Å². The van der Waals surface area contributed by atoms with Crippen LogP contribution in [-0.2, 0) is 24.0 Å². The predicted molar refractivity (Wildman–Crippen MR) is 118 cm³/mol. The Morgan fingerprint density at radius 1 is 1.06 bits per heavy atom. The van der Waals surface area contributed by atoms with Crippen LogP contribution in [0, 0.1) is 0 Å². The first-order valence-electron chi connectivity index (χ1n) is 11.1. The second kappa shape index (κ2) is 14.4. The van der Waals surface area contributed by atoms with Crippen molar-refractivity contribution in [2.45, 2.75) is 69.6 Å². The zero-order valence-electron chi connectivity index (χ0n) is 18.9. The largest absolute Gasteiger partial charge is 0.481 e. The molecule has 13 nitrogen and oxygen atoms in total. The van der Waals surface area contributed by atoms with Gasteiger partial charge in [0.1, 0.15) is 12.1 Å². The van der Waals surface area contributed by atoms with Crippen LogP contribution in [0.4, 0.5) is 0 Å². The number of hydrogen-bond donors (Lipinski definition) is 7. The molecule has 0 spiro atoms. The molecule has 33 heavy (non-hydrogen) atoms. The van der Waals surface area contributed by atoms with E-state index in [4.69, 9.17) is 11.5 Å². The molecule has 0 aromatic rings.